The Labute approximate surface area is 334 Å². The molecular weight excluding hydrogens is 701 g/mol. The summed E-state index contributed by atoms with van der Waals surface area (Å²) in [6, 6.07) is 0. The number of rotatable bonds is 6. The van der Waals surface area contributed by atoms with Crippen LogP contribution < -0.4 is 0 Å². The van der Waals surface area contributed by atoms with Gasteiger partial charge < -0.3 is 30.1 Å². The number of aliphatic hydroxyl groups is 5. The predicted octanol–water partition coefficient (Wildman–Crippen LogP) is 7.24. The van der Waals surface area contributed by atoms with Crippen molar-refractivity contribution in [2.24, 2.45) is 63.1 Å². The molecule has 13 atom stereocenters. The second kappa shape index (κ2) is 13.2. The molecule has 6 saturated carbocycles. The van der Waals surface area contributed by atoms with Gasteiger partial charge in [-0.15, -0.1) is 0 Å². The number of nitrogens with zero attached hydrogens (tertiary/aromatic N) is 2. The topological polar surface area (TPSA) is 136 Å². The van der Waals surface area contributed by atoms with E-state index in [1.165, 1.54) is 50.5 Å². The van der Waals surface area contributed by atoms with Crippen LogP contribution in [0.15, 0.2) is 52.7 Å². The number of imidazole rings is 1. The van der Waals surface area contributed by atoms with Crippen LogP contribution in [0, 0.1) is 63.1 Å². The molecule has 1 spiro atoms. The average molecular weight is 769 g/mol. The summed E-state index contributed by atoms with van der Waals surface area (Å²) in [5.41, 5.74) is 4.74. The summed E-state index contributed by atoms with van der Waals surface area (Å²) >= 11 is 0. The van der Waals surface area contributed by atoms with Crippen LogP contribution in [0.4, 0.5) is 0 Å². The van der Waals surface area contributed by atoms with E-state index in [-0.39, 0.29) is 53.8 Å². The molecule has 1 aromatic heterocycles. The van der Waals surface area contributed by atoms with Crippen molar-refractivity contribution in [3.8, 4) is 0 Å². The van der Waals surface area contributed by atoms with Crippen molar-refractivity contribution >= 4 is 5.78 Å². The highest BCUT2D eigenvalue weighted by molar-refractivity contribution is 5.95. The maximum atomic E-state index is 13.9. The number of aryl methyl sites for hydroxylation is 1. The third kappa shape index (κ3) is 5.13. The Kier molecular flexibility index (Phi) is 8.99. The summed E-state index contributed by atoms with van der Waals surface area (Å²) in [5, 5.41) is 59.7. The number of ketones is 1. The smallest absolute Gasteiger partial charge is 0.159 e. The van der Waals surface area contributed by atoms with E-state index in [0.29, 0.717) is 42.9 Å². The molecule has 6 fully saturated rings. The Morgan fingerprint density at radius 3 is 2.43 bits per heavy atom. The van der Waals surface area contributed by atoms with Crippen molar-refractivity contribution in [2.75, 3.05) is 6.61 Å². The fourth-order valence-corrected chi connectivity index (χ4v) is 16.7. The summed E-state index contributed by atoms with van der Waals surface area (Å²) in [7, 11) is 0. The van der Waals surface area contributed by atoms with Gasteiger partial charge in [-0.1, -0.05) is 55.9 Å². The van der Waals surface area contributed by atoms with Crippen molar-refractivity contribution in [3.05, 3.63) is 52.7 Å². The number of allylic oxidation sites excluding steroid dienone is 3. The van der Waals surface area contributed by atoms with E-state index in [9.17, 15) is 30.3 Å². The standard InChI is InChI=1S/C48H68N2O6/c1-44(2,18-20-50-21-19-49-27-50)42-30-10-7-15-46(13-4-5-14-46)41(30)29-9-6-8-28-22-31(43(55)40(42)39(28)29)32-12-17-48(56)34-23-36(52)35-24-37(53)38(54)25-45(35,3)33(34)11-16-47(32,48)26-51/h19,21,23,27-28,31-33,35,37-38,40-41,43,51,53-56H,4-18,20,22,24-26H2,1-3H3. The summed E-state index contributed by atoms with van der Waals surface area (Å²) in [5.74, 6) is 0.216. The highest BCUT2D eigenvalue weighted by Crippen LogP contribution is 2.72. The molecule has 306 valence electrons. The SMILES string of the molecule is CC(C)(CCn1ccnc1)C1=C2CCCC3(CCCC3)C2C2=C3C(CCC2)CC(C2CCC4(O)C5=CC(=O)C6CC(O)C(O)CC6(C)C5CCC24CO)C(O)C31. The summed E-state index contributed by atoms with van der Waals surface area (Å²) in [6.07, 6.45) is 22.7. The van der Waals surface area contributed by atoms with Crippen molar-refractivity contribution in [1.29, 1.82) is 0 Å². The van der Waals surface area contributed by atoms with E-state index in [2.05, 4.69) is 36.5 Å². The molecule has 9 aliphatic rings. The minimum absolute atomic E-state index is 0.0271. The van der Waals surface area contributed by atoms with Crippen LogP contribution in [0.1, 0.15) is 136 Å². The molecule has 0 bridgehead atoms. The van der Waals surface area contributed by atoms with Gasteiger partial charge in [-0.3, -0.25) is 4.79 Å². The lowest BCUT2D eigenvalue weighted by molar-refractivity contribution is -0.167. The number of hydrogen-bond donors (Lipinski definition) is 5. The zero-order valence-electron chi connectivity index (χ0n) is 34.3. The van der Waals surface area contributed by atoms with Crippen molar-refractivity contribution < 1.29 is 30.3 Å². The largest absolute Gasteiger partial charge is 0.396 e. The van der Waals surface area contributed by atoms with Gasteiger partial charge in [-0.05, 0) is 154 Å². The molecule has 10 rings (SSSR count). The Balaban J connectivity index is 1.06. The molecule has 9 aliphatic carbocycles. The predicted molar refractivity (Wildman–Crippen MR) is 214 cm³/mol. The lowest BCUT2D eigenvalue weighted by atomic mass is 9.44. The first kappa shape index (κ1) is 38.1. The van der Waals surface area contributed by atoms with E-state index >= 15 is 0 Å². The van der Waals surface area contributed by atoms with Crippen molar-refractivity contribution in [1.82, 2.24) is 9.55 Å². The van der Waals surface area contributed by atoms with Crippen molar-refractivity contribution in [2.45, 2.75) is 167 Å². The number of carbonyl (C=O) groups excluding carboxylic acids is 1. The number of aliphatic hydroxyl groups excluding tert-OH is 4. The summed E-state index contributed by atoms with van der Waals surface area (Å²) in [4.78, 5) is 18.3. The van der Waals surface area contributed by atoms with Gasteiger partial charge in [-0.2, -0.15) is 0 Å². The molecule has 0 amide bonds. The Hall–Kier alpha value is -2.10. The fourth-order valence-electron chi connectivity index (χ4n) is 16.7. The van der Waals surface area contributed by atoms with Crippen LogP contribution in [0.25, 0.3) is 0 Å². The highest BCUT2D eigenvalue weighted by Gasteiger charge is 2.70. The minimum atomic E-state index is -1.35. The highest BCUT2D eigenvalue weighted by atomic mass is 16.3. The molecule has 8 nitrogen and oxygen atoms in total. The molecular formula is C48H68N2O6. The number of fused-ring (bicyclic) bond motifs is 8. The van der Waals surface area contributed by atoms with Crippen LogP contribution in [-0.4, -0.2) is 71.4 Å². The van der Waals surface area contributed by atoms with Gasteiger partial charge in [0.2, 0.25) is 0 Å². The number of carbonyl (C=O) groups is 1. The molecule has 0 radical (unpaired) electrons. The van der Waals surface area contributed by atoms with Gasteiger partial charge in [0.1, 0.15) is 0 Å². The molecule has 13 unspecified atom stereocenters. The number of hydrogen-bond acceptors (Lipinski definition) is 7. The monoisotopic (exact) mass is 769 g/mol. The van der Waals surface area contributed by atoms with Gasteiger partial charge in [0.15, 0.2) is 5.78 Å². The van der Waals surface area contributed by atoms with Gasteiger partial charge >= 0.3 is 0 Å². The number of aromatic nitrogens is 2. The Morgan fingerprint density at radius 2 is 1.68 bits per heavy atom. The lowest BCUT2D eigenvalue weighted by Gasteiger charge is -2.62. The molecule has 0 saturated heterocycles. The van der Waals surface area contributed by atoms with E-state index in [1.54, 1.807) is 22.8 Å². The maximum absolute atomic E-state index is 13.9. The molecule has 0 aliphatic heterocycles. The van der Waals surface area contributed by atoms with E-state index in [4.69, 9.17) is 0 Å². The summed E-state index contributed by atoms with van der Waals surface area (Å²) < 4.78 is 2.20. The molecule has 0 aromatic carbocycles. The van der Waals surface area contributed by atoms with Crippen LogP contribution >= 0.6 is 0 Å². The quantitative estimate of drug-likeness (QED) is 0.193. The molecule has 8 heteroatoms. The van der Waals surface area contributed by atoms with E-state index in [0.717, 1.165) is 50.6 Å². The van der Waals surface area contributed by atoms with Gasteiger partial charge in [-0.25, -0.2) is 4.98 Å². The van der Waals surface area contributed by atoms with Crippen LogP contribution in [0.5, 0.6) is 0 Å². The molecule has 1 heterocycles. The zero-order valence-corrected chi connectivity index (χ0v) is 34.3. The van der Waals surface area contributed by atoms with Gasteiger partial charge in [0.25, 0.3) is 0 Å². The van der Waals surface area contributed by atoms with Crippen molar-refractivity contribution in [3.63, 3.8) is 0 Å². The first-order valence-electron chi connectivity index (χ1n) is 22.8. The maximum Gasteiger partial charge on any atom is 0.159 e. The second-order valence-electron chi connectivity index (χ2n) is 21.7. The second-order valence-corrected chi connectivity index (χ2v) is 21.7. The van der Waals surface area contributed by atoms with Crippen LogP contribution in [-0.2, 0) is 11.3 Å². The first-order chi connectivity index (χ1) is 26.8. The van der Waals surface area contributed by atoms with E-state index in [1.807, 2.05) is 12.5 Å². The molecule has 5 N–H and O–H groups in total. The lowest BCUT2D eigenvalue weighted by Crippen LogP contribution is -2.63. The first-order valence-corrected chi connectivity index (χ1v) is 22.8. The Bertz CT molecular complexity index is 1840. The third-order valence-electron chi connectivity index (χ3n) is 19.1. The average Bonchev–Trinajstić information content (AvgIpc) is 3.94. The Morgan fingerprint density at radius 1 is 0.911 bits per heavy atom. The van der Waals surface area contributed by atoms with Crippen LogP contribution in [0.2, 0.25) is 0 Å². The normalized spacial score (nSPS) is 45.6. The zero-order chi connectivity index (χ0) is 39.0. The van der Waals surface area contributed by atoms with E-state index < -0.39 is 34.7 Å². The summed E-state index contributed by atoms with van der Waals surface area (Å²) in [6.45, 7) is 7.70. The van der Waals surface area contributed by atoms with Gasteiger partial charge in [0.05, 0.1) is 36.8 Å². The minimum Gasteiger partial charge on any atom is -0.396 e. The fraction of sp³-hybridized carbons (Fsp3) is 0.792. The van der Waals surface area contributed by atoms with Gasteiger partial charge in [0, 0.05) is 42.1 Å². The molecule has 56 heavy (non-hydrogen) atoms. The molecule has 1 aromatic rings. The third-order valence-corrected chi connectivity index (χ3v) is 19.1. The van der Waals surface area contributed by atoms with Crippen LogP contribution in [0.3, 0.4) is 0 Å².